The maximum absolute atomic E-state index is 13.3. The Balaban J connectivity index is 1.36. The second kappa shape index (κ2) is 13.3. The first-order valence-electron chi connectivity index (χ1n) is 13.1. The third-order valence-electron chi connectivity index (χ3n) is 6.26. The van der Waals surface area contributed by atoms with Crippen LogP contribution >= 0.6 is 11.3 Å². The molecule has 0 aliphatic heterocycles. The summed E-state index contributed by atoms with van der Waals surface area (Å²) in [4.78, 5) is 36.7. The fourth-order valence-electron chi connectivity index (χ4n) is 4.11. The van der Waals surface area contributed by atoms with E-state index in [9.17, 15) is 9.59 Å². The van der Waals surface area contributed by atoms with Crippen molar-refractivity contribution in [3.63, 3.8) is 0 Å². The van der Waals surface area contributed by atoms with E-state index in [4.69, 9.17) is 4.42 Å². The highest BCUT2D eigenvalue weighted by Crippen LogP contribution is 2.24. The largest absolute Gasteiger partial charge is 0.464 e. The second-order valence-corrected chi connectivity index (χ2v) is 10.8. The Morgan fingerprint density at radius 2 is 1.92 bits per heavy atom. The van der Waals surface area contributed by atoms with E-state index in [0.717, 1.165) is 35.8 Å². The summed E-state index contributed by atoms with van der Waals surface area (Å²) < 4.78 is 5.55. The lowest BCUT2D eigenvalue weighted by atomic mass is 10.0. The van der Waals surface area contributed by atoms with Gasteiger partial charge in [-0.1, -0.05) is 19.9 Å². The number of pyridine rings is 1. The smallest absolute Gasteiger partial charge is 0.254 e. The summed E-state index contributed by atoms with van der Waals surface area (Å²) in [5.74, 6) is 0.615. The number of amides is 2. The highest BCUT2D eigenvalue weighted by Gasteiger charge is 2.18. The monoisotopic (exact) mass is 545 g/mol. The Kier molecular flexibility index (Phi) is 9.62. The molecular weight excluding hydrogens is 510 g/mol. The molecule has 3 heterocycles. The molecule has 204 valence electrons. The van der Waals surface area contributed by atoms with Gasteiger partial charge in [-0.25, -0.2) is 4.98 Å². The number of aromatic nitrogens is 2. The van der Waals surface area contributed by atoms with E-state index in [2.05, 4.69) is 40.5 Å². The van der Waals surface area contributed by atoms with E-state index >= 15 is 0 Å². The topological polar surface area (TPSA) is 100 Å². The molecule has 3 aromatic heterocycles. The van der Waals surface area contributed by atoms with Gasteiger partial charge in [0.25, 0.3) is 11.8 Å². The van der Waals surface area contributed by atoms with E-state index in [1.807, 2.05) is 30.8 Å². The molecule has 0 saturated heterocycles. The van der Waals surface area contributed by atoms with Crippen LogP contribution in [0.3, 0.4) is 0 Å². The van der Waals surface area contributed by atoms with E-state index in [1.165, 1.54) is 16.9 Å². The molecule has 0 atom stereocenters. The minimum Gasteiger partial charge on any atom is -0.464 e. The number of rotatable bonds is 12. The van der Waals surface area contributed by atoms with Crippen LogP contribution in [-0.2, 0) is 13.1 Å². The zero-order valence-corrected chi connectivity index (χ0v) is 23.7. The zero-order chi connectivity index (χ0) is 27.8. The van der Waals surface area contributed by atoms with Gasteiger partial charge < -0.3 is 20.0 Å². The van der Waals surface area contributed by atoms with Crippen LogP contribution in [0.2, 0.25) is 0 Å². The Hall–Kier alpha value is -3.82. The summed E-state index contributed by atoms with van der Waals surface area (Å²) in [6.07, 6.45) is 6.12. The first-order chi connectivity index (χ1) is 18.8. The van der Waals surface area contributed by atoms with Crippen molar-refractivity contribution in [2.45, 2.75) is 46.2 Å². The fraction of sp³-hybridized carbons (Fsp3) is 0.333. The molecule has 0 saturated carbocycles. The van der Waals surface area contributed by atoms with E-state index in [0.29, 0.717) is 41.5 Å². The lowest BCUT2D eigenvalue weighted by Crippen LogP contribution is -2.29. The number of hydrogen-bond donors (Lipinski definition) is 2. The zero-order valence-electron chi connectivity index (χ0n) is 22.9. The van der Waals surface area contributed by atoms with Crippen LogP contribution in [0.1, 0.15) is 68.7 Å². The lowest BCUT2D eigenvalue weighted by Gasteiger charge is -2.17. The van der Waals surface area contributed by atoms with Crippen molar-refractivity contribution >= 4 is 23.2 Å². The number of benzene rings is 1. The van der Waals surface area contributed by atoms with Gasteiger partial charge in [0.05, 0.1) is 12.8 Å². The quantitative estimate of drug-likeness (QED) is 0.231. The summed E-state index contributed by atoms with van der Waals surface area (Å²) in [6, 6.07) is 10.9. The van der Waals surface area contributed by atoms with Crippen molar-refractivity contribution in [2.24, 2.45) is 0 Å². The summed E-state index contributed by atoms with van der Waals surface area (Å²) in [7, 11) is 1.74. The molecule has 0 bridgehead atoms. The fourth-order valence-corrected chi connectivity index (χ4v) is 4.93. The molecule has 0 aliphatic carbocycles. The molecule has 8 nitrogen and oxygen atoms in total. The minimum absolute atomic E-state index is 0.189. The predicted octanol–water partition coefficient (Wildman–Crippen LogP) is 5.41. The highest BCUT2D eigenvalue weighted by molar-refractivity contribution is 7.09. The van der Waals surface area contributed by atoms with Crippen LogP contribution in [-0.4, -0.2) is 46.8 Å². The molecule has 0 fully saturated rings. The van der Waals surface area contributed by atoms with Crippen LogP contribution in [0.15, 0.2) is 64.9 Å². The van der Waals surface area contributed by atoms with E-state index in [-0.39, 0.29) is 11.8 Å². The lowest BCUT2D eigenvalue weighted by molar-refractivity contribution is 0.0785. The van der Waals surface area contributed by atoms with Gasteiger partial charge in [0, 0.05) is 60.3 Å². The van der Waals surface area contributed by atoms with E-state index < -0.39 is 0 Å². The SMILES string of the molecule is Cc1csc(CN(C)C(=O)c2cc(C(=O)NCCCNCc3cncc(C(C)C)c3)cc(-c3ccco3)c2)n1. The van der Waals surface area contributed by atoms with Crippen molar-refractivity contribution in [3.05, 3.63) is 93.4 Å². The molecule has 0 radical (unpaired) electrons. The third-order valence-corrected chi connectivity index (χ3v) is 7.21. The third kappa shape index (κ3) is 7.84. The Morgan fingerprint density at radius 1 is 1.10 bits per heavy atom. The van der Waals surface area contributed by atoms with Gasteiger partial charge in [-0.15, -0.1) is 11.3 Å². The summed E-state index contributed by atoms with van der Waals surface area (Å²) >= 11 is 1.52. The Labute approximate surface area is 233 Å². The van der Waals surface area contributed by atoms with Crippen LogP contribution in [0.4, 0.5) is 0 Å². The molecular formula is C30H35N5O3S. The second-order valence-electron chi connectivity index (χ2n) is 9.89. The minimum atomic E-state index is -0.232. The average molecular weight is 546 g/mol. The Morgan fingerprint density at radius 3 is 2.64 bits per heavy atom. The summed E-state index contributed by atoms with van der Waals surface area (Å²) in [5.41, 5.74) is 4.81. The van der Waals surface area contributed by atoms with Crippen molar-refractivity contribution < 1.29 is 14.0 Å². The predicted molar refractivity (Wildman–Crippen MR) is 154 cm³/mol. The van der Waals surface area contributed by atoms with E-state index in [1.54, 1.807) is 42.5 Å². The molecule has 2 amide bonds. The van der Waals surface area contributed by atoms with Crippen LogP contribution in [0.5, 0.6) is 0 Å². The number of furan rings is 1. The maximum Gasteiger partial charge on any atom is 0.254 e. The number of nitrogens with one attached hydrogen (secondary N) is 2. The number of carbonyl (C=O) groups is 2. The van der Waals surface area contributed by atoms with Gasteiger partial charge in [-0.2, -0.15) is 0 Å². The van der Waals surface area contributed by atoms with Gasteiger partial charge >= 0.3 is 0 Å². The Bertz CT molecular complexity index is 1400. The molecule has 0 unspecified atom stereocenters. The van der Waals surface area contributed by atoms with Crippen molar-refractivity contribution in [1.29, 1.82) is 0 Å². The maximum atomic E-state index is 13.3. The van der Waals surface area contributed by atoms with Gasteiger partial charge in [-0.05, 0) is 67.3 Å². The van der Waals surface area contributed by atoms with Crippen molar-refractivity contribution in [1.82, 2.24) is 25.5 Å². The first-order valence-corrected chi connectivity index (χ1v) is 14.0. The summed E-state index contributed by atoms with van der Waals surface area (Å²) in [6.45, 7) is 8.63. The van der Waals surface area contributed by atoms with Gasteiger partial charge in [0.15, 0.2) is 0 Å². The van der Waals surface area contributed by atoms with Gasteiger partial charge in [0.1, 0.15) is 10.8 Å². The van der Waals surface area contributed by atoms with Gasteiger partial charge in [0.2, 0.25) is 0 Å². The number of hydrogen-bond acceptors (Lipinski definition) is 7. The number of aryl methyl sites for hydroxylation is 1. The van der Waals surface area contributed by atoms with Crippen LogP contribution in [0.25, 0.3) is 11.3 Å². The van der Waals surface area contributed by atoms with Gasteiger partial charge in [-0.3, -0.25) is 14.6 Å². The average Bonchev–Trinajstić information content (AvgIpc) is 3.62. The molecule has 39 heavy (non-hydrogen) atoms. The molecule has 4 rings (SSSR count). The summed E-state index contributed by atoms with van der Waals surface area (Å²) in [5, 5.41) is 9.21. The molecule has 9 heteroatoms. The van der Waals surface area contributed by atoms with Crippen molar-refractivity contribution in [3.8, 4) is 11.3 Å². The molecule has 1 aromatic carbocycles. The molecule has 4 aromatic rings. The molecule has 0 aliphatic rings. The van der Waals surface area contributed by atoms with Crippen molar-refractivity contribution in [2.75, 3.05) is 20.1 Å². The normalized spacial score (nSPS) is 11.1. The number of carbonyl (C=O) groups excluding carboxylic acids is 2. The first kappa shape index (κ1) is 28.2. The highest BCUT2D eigenvalue weighted by atomic mass is 32.1. The number of nitrogens with zero attached hydrogens (tertiary/aromatic N) is 3. The molecule has 2 N–H and O–H groups in total. The molecule has 0 spiro atoms. The van der Waals surface area contributed by atoms with Crippen LogP contribution < -0.4 is 10.6 Å². The number of thiazole rings is 1. The van der Waals surface area contributed by atoms with Crippen LogP contribution in [0, 0.1) is 6.92 Å². The standard InChI is InChI=1S/C30H35N5O3S/c1-20(2)26-11-22(16-32-17-26)15-31-8-6-9-33-29(36)24-12-23(27-7-5-10-38-27)13-25(14-24)30(37)35(4)18-28-34-21(3)19-39-28/h5,7,10-14,16-17,19-20,31H,6,8-9,15,18H2,1-4H3,(H,33,36).